The van der Waals surface area contributed by atoms with Crippen LogP contribution in [0.3, 0.4) is 0 Å². The maximum absolute atomic E-state index is 7.75. The van der Waals surface area contributed by atoms with Gasteiger partial charge in [-0.15, -0.1) is 0 Å². The third-order valence-electron chi connectivity index (χ3n) is 3.53. The second kappa shape index (κ2) is 3.23. The highest BCUT2D eigenvalue weighted by Gasteiger charge is 2.34. The lowest BCUT2D eigenvalue weighted by Gasteiger charge is -2.30. The molecule has 0 aromatic rings. The highest BCUT2D eigenvalue weighted by molar-refractivity contribution is 6.10. The topological polar surface area (TPSA) is 23.9 Å². The second-order valence-corrected chi connectivity index (χ2v) is 4.60. The van der Waals surface area contributed by atoms with Gasteiger partial charge < -0.3 is 5.41 Å². The molecule has 1 nitrogen and oxygen atoms in total. The van der Waals surface area contributed by atoms with Gasteiger partial charge in [0.15, 0.2) is 0 Å². The zero-order valence-corrected chi connectivity index (χ0v) is 8.77. The third kappa shape index (κ3) is 1.37. The summed E-state index contributed by atoms with van der Waals surface area (Å²) in [7, 11) is 0. The normalized spacial score (nSPS) is 25.4. The average Bonchev–Trinajstić information content (AvgIpc) is 2.58. The van der Waals surface area contributed by atoms with Gasteiger partial charge in [-0.2, -0.15) is 0 Å². The van der Waals surface area contributed by atoms with E-state index in [4.69, 9.17) is 5.41 Å². The van der Waals surface area contributed by atoms with Crippen molar-refractivity contribution >= 4 is 5.71 Å². The minimum atomic E-state index is 0.286. The van der Waals surface area contributed by atoms with E-state index in [-0.39, 0.29) is 5.41 Å². The van der Waals surface area contributed by atoms with Gasteiger partial charge in [-0.1, -0.05) is 38.5 Å². The van der Waals surface area contributed by atoms with Crippen LogP contribution in [-0.2, 0) is 0 Å². The standard InChI is InChI=1S/C13H17N/c1-10-11(6-5-7-12(10)14)13(2)8-3-4-9-13/h5-7,14H,1,3-4,8-9H2,2H3. The van der Waals surface area contributed by atoms with Crippen molar-refractivity contribution in [1.29, 1.82) is 5.41 Å². The van der Waals surface area contributed by atoms with Gasteiger partial charge in [0.05, 0.1) is 5.71 Å². The summed E-state index contributed by atoms with van der Waals surface area (Å²) in [6.45, 7) is 6.33. The predicted octanol–water partition coefficient (Wildman–Crippen LogP) is 3.64. The number of hydrogen-bond donors (Lipinski definition) is 1. The first kappa shape index (κ1) is 9.45. The van der Waals surface area contributed by atoms with E-state index < -0.39 is 0 Å². The Morgan fingerprint density at radius 3 is 2.64 bits per heavy atom. The van der Waals surface area contributed by atoms with Gasteiger partial charge in [-0.25, -0.2) is 0 Å². The first-order chi connectivity index (χ1) is 6.63. The van der Waals surface area contributed by atoms with Crippen LogP contribution in [0, 0.1) is 10.8 Å². The molecule has 0 aromatic carbocycles. The van der Waals surface area contributed by atoms with Crippen molar-refractivity contribution in [3.05, 3.63) is 36.0 Å². The lowest BCUT2D eigenvalue weighted by atomic mass is 9.74. The minimum Gasteiger partial charge on any atom is -0.300 e. The fourth-order valence-electron chi connectivity index (χ4n) is 2.58. The Morgan fingerprint density at radius 1 is 1.36 bits per heavy atom. The highest BCUT2D eigenvalue weighted by Crippen LogP contribution is 2.46. The number of allylic oxidation sites excluding steroid dienone is 5. The SMILES string of the molecule is C=C1C(=N)C=CC=C1C1(C)CCCC1. The molecule has 74 valence electrons. The smallest absolute Gasteiger partial charge is 0.0609 e. The lowest BCUT2D eigenvalue weighted by molar-refractivity contribution is 0.422. The molecule has 0 spiro atoms. The van der Waals surface area contributed by atoms with Crippen LogP contribution in [0.1, 0.15) is 32.6 Å². The van der Waals surface area contributed by atoms with Crippen LogP contribution < -0.4 is 0 Å². The van der Waals surface area contributed by atoms with E-state index in [1.807, 2.05) is 12.2 Å². The molecule has 1 saturated carbocycles. The van der Waals surface area contributed by atoms with Crippen LogP contribution in [0.4, 0.5) is 0 Å². The van der Waals surface area contributed by atoms with Gasteiger partial charge in [0.2, 0.25) is 0 Å². The quantitative estimate of drug-likeness (QED) is 0.648. The number of hydrogen-bond acceptors (Lipinski definition) is 1. The summed E-state index contributed by atoms with van der Waals surface area (Å²) < 4.78 is 0. The summed E-state index contributed by atoms with van der Waals surface area (Å²) in [5.74, 6) is 0. The molecular weight excluding hydrogens is 170 g/mol. The van der Waals surface area contributed by atoms with Crippen LogP contribution in [0.2, 0.25) is 0 Å². The summed E-state index contributed by atoms with van der Waals surface area (Å²) >= 11 is 0. The fourth-order valence-corrected chi connectivity index (χ4v) is 2.58. The Bertz CT molecular complexity index is 338. The molecule has 2 aliphatic rings. The van der Waals surface area contributed by atoms with Crippen molar-refractivity contribution in [2.75, 3.05) is 0 Å². The molecule has 0 atom stereocenters. The average molecular weight is 187 g/mol. The van der Waals surface area contributed by atoms with Gasteiger partial charge in [-0.05, 0) is 35.5 Å². The molecule has 2 rings (SSSR count). The Kier molecular flexibility index (Phi) is 2.18. The van der Waals surface area contributed by atoms with E-state index in [0.717, 1.165) is 5.57 Å². The third-order valence-corrected chi connectivity index (χ3v) is 3.53. The maximum Gasteiger partial charge on any atom is 0.0609 e. The van der Waals surface area contributed by atoms with Crippen molar-refractivity contribution in [3.63, 3.8) is 0 Å². The molecule has 1 fully saturated rings. The molecule has 1 heteroatoms. The van der Waals surface area contributed by atoms with Crippen LogP contribution >= 0.6 is 0 Å². The Hall–Kier alpha value is -1.11. The number of rotatable bonds is 1. The van der Waals surface area contributed by atoms with Crippen LogP contribution in [0.5, 0.6) is 0 Å². The fraction of sp³-hybridized carbons (Fsp3) is 0.462. The summed E-state index contributed by atoms with van der Waals surface area (Å²) in [5, 5.41) is 7.75. The van der Waals surface area contributed by atoms with Gasteiger partial charge in [0, 0.05) is 0 Å². The molecule has 0 aromatic heterocycles. The van der Waals surface area contributed by atoms with E-state index in [0.29, 0.717) is 5.71 Å². The predicted molar refractivity (Wildman–Crippen MR) is 60.7 cm³/mol. The molecule has 0 amide bonds. The van der Waals surface area contributed by atoms with E-state index in [1.54, 1.807) is 0 Å². The molecule has 0 aliphatic heterocycles. The second-order valence-electron chi connectivity index (χ2n) is 4.60. The molecule has 1 N–H and O–H groups in total. The van der Waals surface area contributed by atoms with E-state index >= 15 is 0 Å². The van der Waals surface area contributed by atoms with Crippen molar-refractivity contribution in [2.24, 2.45) is 5.41 Å². The minimum absolute atomic E-state index is 0.286. The van der Waals surface area contributed by atoms with Gasteiger partial charge in [-0.3, -0.25) is 0 Å². The molecule has 0 saturated heterocycles. The van der Waals surface area contributed by atoms with Crippen LogP contribution in [0.25, 0.3) is 0 Å². The van der Waals surface area contributed by atoms with Gasteiger partial charge in [0.25, 0.3) is 0 Å². The molecule has 0 bridgehead atoms. The molecule has 2 aliphatic carbocycles. The molecule has 14 heavy (non-hydrogen) atoms. The first-order valence-electron chi connectivity index (χ1n) is 5.30. The van der Waals surface area contributed by atoms with Crippen molar-refractivity contribution in [1.82, 2.24) is 0 Å². The van der Waals surface area contributed by atoms with Crippen molar-refractivity contribution in [2.45, 2.75) is 32.6 Å². The molecule has 0 radical (unpaired) electrons. The zero-order valence-electron chi connectivity index (χ0n) is 8.77. The van der Waals surface area contributed by atoms with Crippen LogP contribution in [-0.4, -0.2) is 5.71 Å². The van der Waals surface area contributed by atoms with Gasteiger partial charge in [0.1, 0.15) is 0 Å². The van der Waals surface area contributed by atoms with Crippen molar-refractivity contribution < 1.29 is 0 Å². The van der Waals surface area contributed by atoms with Gasteiger partial charge >= 0.3 is 0 Å². The first-order valence-corrected chi connectivity index (χ1v) is 5.30. The van der Waals surface area contributed by atoms with Crippen LogP contribution in [0.15, 0.2) is 36.0 Å². The molecule has 0 heterocycles. The number of nitrogens with one attached hydrogen (secondary N) is 1. The molecular formula is C13H17N. The Morgan fingerprint density at radius 2 is 2.00 bits per heavy atom. The largest absolute Gasteiger partial charge is 0.300 e. The van der Waals surface area contributed by atoms with Crippen molar-refractivity contribution in [3.8, 4) is 0 Å². The Balaban J connectivity index is 2.33. The zero-order chi connectivity index (χ0) is 10.2. The summed E-state index contributed by atoms with van der Waals surface area (Å²) in [5.41, 5.74) is 3.09. The van der Waals surface area contributed by atoms with E-state index in [1.165, 1.54) is 31.3 Å². The maximum atomic E-state index is 7.75. The lowest BCUT2D eigenvalue weighted by Crippen LogP contribution is -2.20. The highest BCUT2D eigenvalue weighted by atomic mass is 14.5. The van der Waals surface area contributed by atoms with E-state index in [2.05, 4.69) is 19.6 Å². The summed E-state index contributed by atoms with van der Waals surface area (Å²) in [4.78, 5) is 0. The summed E-state index contributed by atoms with van der Waals surface area (Å²) in [6, 6.07) is 0. The van der Waals surface area contributed by atoms with E-state index in [9.17, 15) is 0 Å². The monoisotopic (exact) mass is 187 g/mol. The molecule has 0 unspecified atom stereocenters. The Labute approximate surface area is 85.7 Å². The summed E-state index contributed by atoms with van der Waals surface area (Å²) in [6.07, 6.45) is 11.1.